The maximum atomic E-state index is 14.0. The van der Waals surface area contributed by atoms with E-state index < -0.39 is 28.5 Å². The van der Waals surface area contributed by atoms with Crippen LogP contribution in [0.2, 0.25) is 0 Å². The minimum absolute atomic E-state index is 0.0516. The van der Waals surface area contributed by atoms with Crippen molar-refractivity contribution in [3.8, 4) is 5.75 Å². The van der Waals surface area contributed by atoms with E-state index >= 15 is 0 Å². The molecule has 10 heteroatoms. The van der Waals surface area contributed by atoms with Gasteiger partial charge in [0, 0.05) is 23.1 Å². The van der Waals surface area contributed by atoms with Crippen LogP contribution in [-0.2, 0) is 26.2 Å². The number of nitrogens with zero attached hydrogens (tertiary/aromatic N) is 2. The molecule has 0 heterocycles. The van der Waals surface area contributed by atoms with Gasteiger partial charge in [-0.1, -0.05) is 58.7 Å². The molecule has 40 heavy (non-hydrogen) atoms. The molecule has 0 saturated carbocycles. The van der Waals surface area contributed by atoms with E-state index in [0.717, 1.165) is 26.3 Å². The number of hydrogen-bond acceptors (Lipinski definition) is 5. The highest BCUT2D eigenvalue weighted by atomic mass is 79.9. The van der Waals surface area contributed by atoms with E-state index in [0.29, 0.717) is 5.75 Å². The van der Waals surface area contributed by atoms with Crippen LogP contribution >= 0.6 is 15.9 Å². The second-order valence-electron chi connectivity index (χ2n) is 9.67. The van der Waals surface area contributed by atoms with Gasteiger partial charge in [-0.2, -0.15) is 0 Å². The average Bonchev–Trinajstić information content (AvgIpc) is 2.95. The first-order valence-electron chi connectivity index (χ1n) is 13.0. The number of nitrogens with one attached hydrogen (secondary N) is 1. The fraction of sp³-hybridized carbons (Fsp3) is 0.333. The molecule has 3 aromatic rings. The highest BCUT2D eigenvalue weighted by molar-refractivity contribution is 9.10. The minimum Gasteiger partial charge on any atom is -0.497 e. The largest absolute Gasteiger partial charge is 0.497 e. The number of halogens is 1. The van der Waals surface area contributed by atoms with Gasteiger partial charge in [-0.05, 0) is 69.2 Å². The number of amides is 2. The number of methoxy groups -OCH3 is 1. The monoisotopic (exact) mass is 629 g/mol. The number of ether oxygens (including phenoxy) is 1. The first kappa shape index (κ1) is 31.2. The summed E-state index contributed by atoms with van der Waals surface area (Å²) in [4.78, 5) is 28.6. The average molecular weight is 631 g/mol. The number of aryl methyl sites for hydroxylation is 1. The third-order valence-corrected chi connectivity index (χ3v) is 8.98. The molecule has 0 saturated heterocycles. The number of hydrogen-bond donors (Lipinski definition) is 1. The van der Waals surface area contributed by atoms with Crippen molar-refractivity contribution in [1.29, 1.82) is 0 Å². The fourth-order valence-corrected chi connectivity index (χ4v) is 5.64. The number of carbonyl (C=O) groups excluding carboxylic acids is 2. The third-order valence-electron chi connectivity index (χ3n) is 6.66. The Bertz CT molecular complexity index is 1410. The maximum absolute atomic E-state index is 14.0. The summed E-state index contributed by atoms with van der Waals surface area (Å²) in [7, 11) is -2.66. The van der Waals surface area contributed by atoms with Gasteiger partial charge in [-0.15, -0.1) is 0 Å². The van der Waals surface area contributed by atoms with Crippen LogP contribution in [0.1, 0.15) is 38.3 Å². The molecule has 0 aliphatic carbocycles. The summed E-state index contributed by atoms with van der Waals surface area (Å²) in [5.41, 5.74) is 1.98. The van der Waals surface area contributed by atoms with Crippen LogP contribution < -0.4 is 14.4 Å². The molecule has 0 fully saturated rings. The van der Waals surface area contributed by atoms with E-state index in [4.69, 9.17) is 4.74 Å². The molecule has 0 radical (unpaired) electrons. The normalized spacial score (nSPS) is 12.8. The minimum atomic E-state index is -4.15. The van der Waals surface area contributed by atoms with E-state index in [1.54, 1.807) is 43.3 Å². The van der Waals surface area contributed by atoms with Crippen molar-refractivity contribution in [2.75, 3.05) is 18.0 Å². The van der Waals surface area contributed by atoms with Gasteiger partial charge in [-0.3, -0.25) is 13.9 Å². The number of benzene rings is 3. The van der Waals surface area contributed by atoms with Crippen molar-refractivity contribution >= 4 is 43.5 Å². The summed E-state index contributed by atoms with van der Waals surface area (Å²) >= 11 is 3.42. The lowest BCUT2D eigenvalue weighted by Gasteiger charge is -2.32. The number of rotatable bonds is 12. The van der Waals surface area contributed by atoms with Crippen molar-refractivity contribution in [3.05, 3.63) is 88.4 Å². The van der Waals surface area contributed by atoms with E-state index in [1.807, 2.05) is 45.0 Å². The van der Waals surface area contributed by atoms with Crippen molar-refractivity contribution in [2.45, 2.75) is 57.6 Å². The van der Waals surface area contributed by atoms with E-state index in [9.17, 15) is 18.0 Å². The molecule has 8 nitrogen and oxygen atoms in total. The van der Waals surface area contributed by atoms with Crippen molar-refractivity contribution in [1.82, 2.24) is 10.2 Å². The molecule has 2 amide bonds. The molecule has 214 valence electrons. The Morgan fingerprint density at radius 2 is 1.65 bits per heavy atom. The molecule has 3 aromatic carbocycles. The van der Waals surface area contributed by atoms with E-state index in [2.05, 4.69) is 21.2 Å². The zero-order valence-corrected chi connectivity index (χ0v) is 25.8. The zero-order chi connectivity index (χ0) is 29.4. The first-order valence-corrected chi connectivity index (χ1v) is 15.3. The first-order chi connectivity index (χ1) is 19.0. The van der Waals surface area contributed by atoms with E-state index in [1.165, 1.54) is 24.1 Å². The molecule has 0 aliphatic heterocycles. The van der Waals surface area contributed by atoms with Gasteiger partial charge in [-0.25, -0.2) is 8.42 Å². The molecule has 1 N–H and O–H groups in total. The summed E-state index contributed by atoms with van der Waals surface area (Å²) in [6, 6.07) is 19.5. The Labute approximate surface area is 245 Å². The van der Waals surface area contributed by atoms with Gasteiger partial charge in [0.05, 0.1) is 17.7 Å². The highest BCUT2D eigenvalue weighted by Crippen LogP contribution is 2.28. The van der Waals surface area contributed by atoms with Crippen molar-refractivity contribution < 1.29 is 22.7 Å². The molecule has 0 aromatic heterocycles. The second kappa shape index (κ2) is 13.8. The molecule has 0 aliphatic rings. The highest BCUT2D eigenvalue weighted by Gasteiger charge is 2.33. The summed E-state index contributed by atoms with van der Waals surface area (Å²) in [6.45, 7) is 6.98. The topological polar surface area (TPSA) is 96.0 Å². The van der Waals surface area contributed by atoms with Gasteiger partial charge in [0.2, 0.25) is 11.8 Å². The smallest absolute Gasteiger partial charge is 0.264 e. The third kappa shape index (κ3) is 7.85. The summed E-state index contributed by atoms with van der Waals surface area (Å²) in [6.07, 6.45) is 0.734. The second-order valence-corrected chi connectivity index (χ2v) is 12.4. The van der Waals surface area contributed by atoms with Crippen LogP contribution in [0.4, 0.5) is 5.69 Å². The number of sulfonamides is 1. The lowest BCUT2D eigenvalue weighted by atomic mass is 10.1. The summed E-state index contributed by atoms with van der Waals surface area (Å²) < 4.78 is 35.1. The quantitative estimate of drug-likeness (QED) is 0.294. The molecule has 0 spiro atoms. The van der Waals surface area contributed by atoms with Gasteiger partial charge in [0.1, 0.15) is 18.3 Å². The Morgan fingerprint density at radius 1 is 1.00 bits per heavy atom. The number of carbonyl (C=O) groups is 2. The van der Waals surface area contributed by atoms with Gasteiger partial charge in [0.25, 0.3) is 10.0 Å². The number of anilines is 1. The molecular weight excluding hydrogens is 594 g/mol. The SMILES string of the molecule is CC[C@@H](C)NC(=O)[C@H](C)N(Cc1ccc(Br)cc1)C(=O)CN(c1cccc(OC)c1)S(=O)(=O)c1ccc(C)cc1. The van der Waals surface area contributed by atoms with Crippen LogP contribution in [0.15, 0.2) is 82.2 Å². The Balaban J connectivity index is 2.04. The van der Waals surface area contributed by atoms with E-state index in [-0.39, 0.29) is 29.1 Å². The lowest BCUT2D eigenvalue weighted by molar-refractivity contribution is -0.139. The summed E-state index contributed by atoms with van der Waals surface area (Å²) in [5.74, 6) is -0.385. The molecule has 0 unspecified atom stereocenters. The maximum Gasteiger partial charge on any atom is 0.264 e. The standard InChI is InChI=1S/C30H36BrN3O5S/c1-6-22(3)32-30(36)23(4)33(19-24-12-14-25(31)15-13-24)29(35)20-34(26-8-7-9-27(18-26)39-5)40(37,38)28-16-10-21(2)11-17-28/h7-18,22-23H,6,19-20H2,1-5H3,(H,32,36)/t22-,23+/m1/s1. The molecule has 0 bridgehead atoms. The van der Waals surface area contributed by atoms with Crippen molar-refractivity contribution in [3.63, 3.8) is 0 Å². The van der Waals surface area contributed by atoms with Gasteiger partial charge in [0.15, 0.2) is 0 Å². The Kier molecular flexibility index (Phi) is 10.8. The summed E-state index contributed by atoms with van der Waals surface area (Å²) in [5, 5.41) is 2.93. The van der Waals surface area contributed by atoms with Crippen LogP contribution in [-0.4, -0.2) is 50.9 Å². The molecular formula is C30H36BrN3O5S. The molecule has 3 rings (SSSR count). The predicted molar refractivity (Wildman–Crippen MR) is 161 cm³/mol. The van der Waals surface area contributed by atoms with Gasteiger partial charge < -0.3 is 15.0 Å². The Hall–Kier alpha value is -3.37. The predicted octanol–water partition coefficient (Wildman–Crippen LogP) is 5.29. The van der Waals surface area contributed by atoms with Crippen LogP contribution in [0, 0.1) is 6.92 Å². The van der Waals surface area contributed by atoms with Crippen LogP contribution in [0.25, 0.3) is 0 Å². The van der Waals surface area contributed by atoms with Crippen LogP contribution in [0.5, 0.6) is 5.75 Å². The Morgan fingerprint density at radius 3 is 2.25 bits per heavy atom. The fourth-order valence-electron chi connectivity index (χ4n) is 3.97. The molecule has 2 atom stereocenters. The lowest BCUT2D eigenvalue weighted by Crippen LogP contribution is -2.52. The van der Waals surface area contributed by atoms with Crippen LogP contribution in [0.3, 0.4) is 0 Å². The zero-order valence-electron chi connectivity index (χ0n) is 23.4. The van der Waals surface area contributed by atoms with Gasteiger partial charge >= 0.3 is 0 Å². The van der Waals surface area contributed by atoms with Crippen molar-refractivity contribution in [2.24, 2.45) is 0 Å².